The van der Waals surface area contributed by atoms with E-state index < -0.39 is 10.5 Å². The normalized spacial score (nSPS) is 16.4. The Labute approximate surface area is 124 Å². The summed E-state index contributed by atoms with van der Waals surface area (Å²) in [5, 5.41) is 42.6. The topological polar surface area (TPSA) is 107 Å². The summed E-state index contributed by atoms with van der Waals surface area (Å²) >= 11 is 0. The molecule has 21 heavy (non-hydrogen) atoms. The number of hydrogen-bond acceptors (Lipinski definition) is 5. The van der Waals surface area contributed by atoms with E-state index in [1.165, 1.54) is 0 Å². The van der Waals surface area contributed by atoms with Gasteiger partial charge in [0.25, 0.3) is 0 Å². The van der Waals surface area contributed by atoms with Crippen molar-refractivity contribution < 1.29 is 20.9 Å². The van der Waals surface area contributed by atoms with Crippen LogP contribution in [-0.2, 0) is 5.41 Å². The lowest BCUT2D eigenvalue weighted by molar-refractivity contribution is -0.995. The van der Waals surface area contributed by atoms with Crippen LogP contribution in [0.15, 0.2) is 12.1 Å². The maximum Gasteiger partial charge on any atom is 0.193 e. The summed E-state index contributed by atoms with van der Waals surface area (Å²) in [6, 6.07) is 3.10. The van der Waals surface area contributed by atoms with Crippen LogP contribution in [0.2, 0.25) is 0 Å². The maximum atomic E-state index is 11.5. The summed E-state index contributed by atoms with van der Waals surface area (Å²) in [6.07, 6.45) is 0.763. The average molecular weight is 299 g/mol. The molecule has 0 amide bonds. The molecule has 0 heterocycles. The molecule has 1 aromatic rings. The molecule has 0 saturated carbocycles. The Hall–Kier alpha value is -1.22. The van der Waals surface area contributed by atoms with Crippen LogP contribution in [0.5, 0.6) is 0 Å². The molecule has 1 aromatic carbocycles. The molecule has 5 N–H and O–H groups in total. The van der Waals surface area contributed by atoms with Gasteiger partial charge in [-0.1, -0.05) is 27.7 Å². The first-order valence-corrected chi connectivity index (χ1v) is 6.99. The molecule has 0 aliphatic heterocycles. The van der Waals surface area contributed by atoms with Gasteiger partial charge in [0.2, 0.25) is 0 Å². The van der Waals surface area contributed by atoms with Crippen molar-refractivity contribution in [3.63, 3.8) is 0 Å². The Bertz CT molecular complexity index is 455. The van der Waals surface area contributed by atoms with Gasteiger partial charge in [0.05, 0.1) is 0 Å². The Morgan fingerprint density at radius 3 is 1.86 bits per heavy atom. The Morgan fingerprint density at radius 1 is 1.14 bits per heavy atom. The molecule has 3 unspecified atom stereocenters. The number of quaternary nitrogens is 2. The number of rotatable bonds is 5. The zero-order valence-corrected chi connectivity index (χ0v) is 13.2. The van der Waals surface area contributed by atoms with Gasteiger partial charge in [0.1, 0.15) is 0 Å². The van der Waals surface area contributed by atoms with Crippen LogP contribution in [0.25, 0.3) is 0 Å². The smallest absolute Gasteiger partial charge is 0.193 e. The number of nitrogens with one attached hydrogen (secondary N) is 3. The first-order chi connectivity index (χ1) is 9.57. The summed E-state index contributed by atoms with van der Waals surface area (Å²) < 4.78 is 0. The van der Waals surface area contributed by atoms with Crippen molar-refractivity contribution in [1.82, 2.24) is 0 Å². The van der Waals surface area contributed by atoms with Crippen LogP contribution in [0.3, 0.4) is 0 Å². The predicted molar refractivity (Wildman–Crippen MR) is 80.1 cm³/mol. The number of hydrogen-bond donors (Lipinski definition) is 5. The van der Waals surface area contributed by atoms with Gasteiger partial charge in [0, 0.05) is 18.2 Å². The van der Waals surface area contributed by atoms with Crippen LogP contribution in [0, 0.1) is 10.4 Å². The third-order valence-corrected chi connectivity index (χ3v) is 3.47. The molecule has 120 valence electrons. The first kappa shape index (κ1) is 17.8. The zero-order chi connectivity index (χ0) is 16.4. The molecular formula is C14H25N3O4. The second-order valence-corrected chi connectivity index (χ2v) is 6.26. The third kappa shape index (κ3) is 4.37. The number of benzene rings is 1. The fourth-order valence-corrected chi connectivity index (χ4v) is 1.92. The molecule has 0 saturated heterocycles. The van der Waals surface area contributed by atoms with E-state index in [2.05, 4.69) is 5.32 Å². The molecule has 0 spiro atoms. The van der Waals surface area contributed by atoms with Gasteiger partial charge in [-0.2, -0.15) is 10.5 Å². The lowest BCUT2D eigenvalue weighted by atomic mass is 9.86. The molecule has 3 atom stereocenters. The van der Waals surface area contributed by atoms with Gasteiger partial charge >= 0.3 is 0 Å². The molecule has 7 nitrogen and oxygen atoms in total. The predicted octanol–water partition coefficient (Wildman–Crippen LogP) is 1.00. The van der Waals surface area contributed by atoms with Crippen molar-refractivity contribution in [2.24, 2.45) is 0 Å². The largest absolute Gasteiger partial charge is 0.595 e. The van der Waals surface area contributed by atoms with Crippen molar-refractivity contribution in [2.75, 3.05) is 5.32 Å². The van der Waals surface area contributed by atoms with E-state index in [1.807, 2.05) is 34.6 Å². The van der Waals surface area contributed by atoms with E-state index in [1.54, 1.807) is 12.1 Å². The van der Waals surface area contributed by atoms with Gasteiger partial charge in [0.15, 0.2) is 17.1 Å². The summed E-state index contributed by atoms with van der Waals surface area (Å²) in [6.45, 7) is 9.58. The average Bonchev–Trinajstić information content (AvgIpc) is 2.36. The fraction of sp³-hybridized carbons (Fsp3) is 0.571. The molecule has 1 rings (SSSR count). The van der Waals surface area contributed by atoms with Crippen LogP contribution in [0.1, 0.15) is 46.6 Å². The third-order valence-electron chi connectivity index (χ3n) is 3.47. The van der Waals surface area contributed by atoms with Crippen LogP contribution >= 0.6 is 0 Å². The van der Waals surface area contributed by atoms with E-state index in [-0.39, 0.29) is 28.5 Å². The van der Waals surface area contributed by atoms with Gasteiger partial charge in [-0.3, -0.25) is 0 Å². The highest BCUT2D eigenvalue weighted by molar-refractivity contribution is 5.75. The highest BCUT2D eigenvalue weighted by Gasteiger charge is 2.26. The van der Waals surface area contributed by atoms with E-state index in [4.69, 9.17) is 0 Å². The summed E-state index contributed by atoms with van der Waals surface area (Å²) in [4.78, 5) is 0. The zero-order valence-electron chi connectivity index (χ0n) is 13.2. The molecule has 7 heteroatoms. The number of anilines is 1. The van der Waals surface area contributed by atoms with Crippen molar-refractivity contribution in [2.45, 2.75) is 52.5 Å². The summed E-state index contributed by atoms with van der Waals surface area (Å²) in [5.41, 5.74) is 0.535. The minimum atomic E-state index is -1.13. The molecule has 0 fully saturated rings. The SMILES string of the molecule is CCC(C)Nc1c([NH+]([O-])O)cc(C(C)(C)C)cc1[NH+]([O-])O. The van der Waals surface area contributed by atoms with Crippen molar-refractivity contribution >= 4 is 17.1 Å². The molecule has 0 bridgehead atoms. The van der Waals surface area contributed by atoms with E-state index >= 15 is 0 Å². The standard InChI is InChI=1S/C14H25N3O4/c1-6-9(2)15-13-11(16(18)19)7-10(14(3,4)5)8-12(13)17(20)21/h7-9,15-18,20H,6H2,1-5H3. The minimum Gasteiger partial charge on any atom is -0.595 e. The maximum absolute atomic E-state index is 11.5. The van der Waals surface area contributed by atoms with Crippen LogP contribution < -0.4 is 15.8 Å². The quantitative estimate of drug-likeness (QED) is 0.521. The highest BCUT2D eigenvalue weighted by atomic mass is 16.8. The molecular weight excluding hydrogens is 274 g/mol. The lowest BCUT2D eigenvalue weighted by Crippen LogP contribution is -3.01. The second kappa shape index (κ2) is 6.69. The van der Waals surface area contributed by atoms with Crippen molar-refractivity contribution in [1.29, 1.82) is 0 Å². The van der Waals surface area contributed by atoms with Crippen LogP contribution in [0.4, 0.5) is 17.1 Å². The van der Waals surface area contributed by atoms with Crippen LogP contribution in [-0.4, -0.2) is 16.5 Å². The molecule has 0 aliphatic rings. The van der Waals surface area contributed by atoms with Crippen molar-refractivity contribution in [3.05, 3.63) is 28.1 Å². The lowest BCUT2D eigenvalue weighted by Gasteiger charge is -2.27. The van der Waals surface area contributed by atoms with Gasteiger partial charge in [-0.25, -0.2) is 10.4 Å². The Kier molecular flexibility index (Phi) is 5.68. The molecule has 0 radical (unpaired) electrons. The second-order valence-electron chi connectivity index (χ2n) is 6.26. The fourth-order valence-electron chi connectivity index (χ4n) is 1.92. The summed E-state index contributed by atoms with van der Waals surface area (Å²) in [7, 11) is 0. The highest BCUT2D eigenvalue weighted by Crippen LogP contribution is 2.33. The molecule has 0 aromatic heterocycles. The van der Waals surface area contributed by atoms with E-state index in [0.717, 1.165) is 6.42 Å². The Balaban J connectivity index is 3.51. The van der Waals surface area contributed by atoms with Crippen molar-refractivity contribution in [3.8, 4) is 0 Å². The first-order valence-electron chi connectivity index (χ1n) is 6.99. The monoisotopic (exact) mass is 299 g/mol. The minimum absolute atomic E-state index is 0.000116. The van der Waals surface area contributed by atoms with Gasteiger partial charge in [-0.15, -0.1) is 0 Å². The van der Waals surface area contributed by atoms with Gasteiger partial charge in [-0.05, 0) is 24.3 Å². The Morgan fingerprint density at radius 2 is 1.57 bits per heavy atom. The molecule has 0 aliphatic carbocycles. The van der Waals surface area contributed by atoms with E-state index in [9.17, 15) is 20.8 Å². The van der Waals surface area contributed by atoms with Gasteiger partial charge < -0.3 is 15.7 Å². The summed E-state index contributed by atoms with van der Waals surface area (Å²) in [5.74, 6) is 0. The van der Waals surface area contributed by atoms with E-state index in [0.29, 0.717) is 5.56 Å².